The van der Waals surface area contributed by atoms with Crippen molar-refractivity contribution < 1.29 is 28.7 Å². The number of rotatable bonds is 12. The van der Waals surface area contributed by atoms with Gasteiger partial charge in [0.15, 0.2) is 5.75 Å². The van der Waals surface area contributed by atoms with Crippen molar-refractivity contribution in [2.24, 2.45) is 11.8 Å². The van der Waals surface area contributed by atoms with Crippen LogP contribution >= 0.6 is 0 Å². The lowest BCUT2D eigenvalue weighted by Gasteiger charge is -2.42. The average Bonchev–Trinajstić information content (AvgIpc) is 3.75. The van der Waals surface area contributed by atoms with Gasteiger partial charge >= 0.3 is 6.09 Å². The Balaban J connectivity index is 1.79. The number of likely N-dealkylation sites (N-methyl/N-ethyl adjacent to an activating group) is 1. The molecule has 1 aliphatic heterocycles. The van der Waals surface area contributed by atoms with E-state index in [0.717, 1.165) is 12.8 Å². The summed E-state index contributed by atoms with van der Waals surface area (Å²) in [6, 6.07) is 4.86. The van der Waals surface area contributed by atoms with E-state index >= 15 is 0 Å². The molecule has 1 atom stereocenters. The fourth-order valence-corrected chi connectivity index (χ4v) is 4.47. The van der Waals surface area contributed by atoms with Gasteiger partial charge in [-0.15, -0.1) is 0 Å². The molecular weight excluding hydrogens is 550 g/mol. The average molecular weight is 596 g/mol. The van der Waals surface area contributed by atoms with Crippen LogP contribution < -0.4 is 26.0 Å². The van der Waals surface area contributed by atoms with E-state index in [2.05, 4.69) is 27.8 Å². The monoisotopic (exact) mass is 595 g/mol. The highest BCUT2D eigenvalue weighted by atomic mass is 16.6. The molecule has 43 heavy (non-hydrogen) atoms. The van der Waals surface area contributed by atoms with Crippen molar-refractivity contribution >= 4 is 29.5 Å². The van der Waals surface area contributed by atoms with Gasteiger partial charge in [0.2, 0.25) is 5.91 Å². The third-order valence-corrected chi connectivity index (χ3v) is 7.13. The number of benzene rings is 1. The van der Waals surface area contributed by atoms with Gasteiger partial charge in [-0.1, -0.05) is 25.6 Å². The first-order valence-corrected chi connectivity index (χ1v) is 14.6. The van der Waals surface area contributed by atoms with Crippen LogP contribution in [0.25, 0.3) is 0 Å². The highest BCUT2D eigenvalue weighted by Gasteiger charge is 2.37. The molecule has 3 rings (SSSR count). The summed E-state index contributed by atoms with van der Waals surface area (Å²) in [5, 5.41) is 11.7. The normalized spacial score (nSPS) is 16.4. The first kappa shape index (κ1) is 33.2. The second-order valence-electron chi connectivity index (χ2n) is 11.9. The molecule has 1 saturated carbocycles. The first-order chi connectivity index (χ1) is 20.3. The Bertz CT molecular complexity index is 1300. The number of hydrogen-bond acceptors (Lipinski definition) is 7. The number of hydrogen-bond donors (Lipinski definition) is 4. The molecule has 0 bridgehead atoms. The fraction of sp³-hybridized carbons (Fsp3) is 0.500. The molecule has 234 valence electrons. The van der Waals surface area contributed by atoms with Crippen LogP contribution in [0.5, 0.6) is 5.75 Å². The van der Waals surface area contributed by atoms with E-state index in [-0.39, 0.29) is 47.1 Å². The summed E-state index contributed by atoms with van der Waals surface area (Å²) in [7, 11) is 2.96. The van der Waals surface area contributed by atoms with Gasteiger partial charge in [-0.2, -0.15) is 0 Å². The van der Waals surface area contributed by atoms with Crippen molar-refractivity contribution in [1.82, 2.24) is 20.9 Å². The highest BCUT2D eigenvalue weighted by molar-refractivity contribution is 6.00. The SMILES string of the molecule is C=C(C(=O)NC)/C(=C\C(=C\CC)NC(=O)C1CC1)Nc1cccc(C(=O)NC(C)C2CN(C(=O)OC(C)(C)C)C2)c1OC. The summed E-state index contributed by atoms with van der Waals surface area (Å²) < 4.78 is 11.1. The zero-order chi connectivity index (χ0) is 31.9. The van der Waals surface area contributed by atoms with Crippen LogP contribution in [0.4, 0.5) is 10.5 Å². The Morgan fingerprint density at radius 3 is 2.40 bits per heavy atom. The van der Waals surface area contributed by atoms with Gasteiger partial charge in [-0.25, -0.2) is 4.79 Å². The lowest BCUT2D eigenvalue weighted by molar-refractivity contribution is -0.121. The van der Waals surface area contributed by atoms with Crippen molar-refractivity contribution in [2.45, 2.75) is 65.5 Å². The second-order valence-corrected chi connectivity index (χ2v) is 11.9. The Kier molecular flexibility index (Phi) is 11.0. The van der Waals surface area contributed by atoms with E-state index in [0.29, 0.717) is 42.2 Å². The molecule has 1 aromatic carbocycles. The second kappa shape index (κ2) is 14.3. The molecule has 2 fully saturated rings. The number of allylic oxidation sites excluding steroid dienone is 2. The van der Waals surface area contributed by atoms with Gasteiger partial charge in [-0.3, -0.25) is 14.4 Å². The summed E-state index contributed by atoms with van der Waals surface area (Å²) in [6.45, 7) is 14.2. The largest absolute Gasteiger partial charge is 0.494 e. The molecule has 1 saturated heterocycles. The zero-order valence-corrected chi connectivity index (χ0v) is 26.3. The standard InChI is InChI=1S/C32H45N5O6/c1-9-11-23(35-29(39)21-14-15-21)16-26(19(2)28(38)33-7)36-25-13-10-12-24(27(25)42-8)30(40)34-20(3)22-17-37(18-22)31(41)43-32(4,5)6/h10-13,16,20-22,36H,2,9,14-15,17-18H2,1,3-8H3,(H,33,38)(H,34,40)(H,35,39)/b23-11-,26-16+. The molecular formula is C32H45N5O6. The highest BCUT2D eigenvalue weighted by Crippen LogP contribution is 2.32. The molecule has 0 spiro atoms. The summed E-state index contributed by atoms with van der Waals surface area (Å²) in [6.07, 6.45) is 5.52. The van der Waals surface area contributed by atoms with Gasteiger partial charge in [-0.05, 0) is 65.2 Å². The summed E-state index contributed by atoms with van der Waals surface area (Å²) in [4.78, 5) is 52.4. The number of carbonyl (C=O) groups excluding carboxylic acids is 4. The van der Waals surface area contributed by atoms with Crippen LogP contribution in [0.2, 0.25) is 0 Å². The van der Waals surface area contributed by atoms with E-state index in [1.165, 1.54) is 14.2 Å². The molecule has 1 aliphatic carbocycles. The van der Waals surface area contributed by atoms with Crippen molar-refractivity contribution in [1.29, 1.82) is 0 Å². The molecule has 1 unspecified atom stereocenters. The third kappa shape index (κ3) is 9.10. The van der Waals surface area contributed by atoms with Crippen LogP contribution in [-0.4, -0.2) is 67.6 Å². The molecule has 2 aliphatic rings. The summed E-state index contributed by atoms with van der Waals surface area (Å²) in [5.41, 5.74) is 1.15. The molecule has 0 radical (unpaired) electrons. The zero-order valence-electron chi connectivity index (χ0n) is 26.3. The number of amides is 4. The van der Waals surface area contributed by atoms with Gasteiger partial charge in [0.1, 0.15) is 5.60 Å². The third-order valence-electron chi connectivity index (χ3n) is 7.13. The van der Waals surface area contributed by atoms with Crippen molar-refractivity contribution in [3.63, 3.8) is 0 Å². The van der Waals surface area contributed by atoms with Crippen LogP contribution in [0, 0.1) is 11.8 Å². The van der Waals surface area contributed by atoms with E-state index in [4.69, 9.17) is 9.47 Å². The lowest BCUT2D eigenvalue weighted by atomic mass is 9.93. The first-order valence-electron chi connectivity index (χ1n) is 14.6. The maximum absolute atomic E-state index is 13.4. The predicted molar refractivity (Wildman–Crippen MR) is 165 cm³/mol. The molecule has 11 nitrogen and oxygen atoms in total. The molecule has 4 amide bonds. The van der Waals surface area contributed by atoms with E-state index in [9.17, 15) is 19.2 Å². The number of methoxy groups -OCH3 is 1. The molecule has 1 heterocycles. The molecule has 4 N–H and O–H groups in total. The maximum atomic E-state index is 13.4. The minimum Gasteiger partial charge on any atom is -0.494 e. The van der Waals surface area contributed by atoms with Crippen molar-refractivity contribution in [3.8, 4) is 5.75 Å². The van der Waals surface area contributed by atoms with Crippen LogP contribution in [0.3, 0.4) is 0 Å². The minimum absolute atomic E-state index is 0.00482. The smallest absolute Gasteiger partial charge is 0.410 e. The van der Waals surface area contributed by atoms with E-state index in [1.807, 2.05) is 40.7 Å². The Morgan fingerprint density at radius 2 is 1.84 bits per heavy atom. The number of para-hydroxylation sites is 1. The number of carbonyl (C=O) groups is 4. The van der Waals surface area contributed by atoms with Gasteiger partial charge in [0.05, 0.1) is 29.6 Å². The summed E-state index contributed by atoms with van der Waals surface area (Å²) in [5.74, 6) is -0.468. The van der Waals surface area contributed by atoms with E-state index in [1.54, 1.807) is 29.2 Å². The molecule has 11 heteroatoms. The Hall–Kier alpha value is -4.28. The van der Waals surface area contributed by atoms with Crippen molar-refractivity contribution in [2.75, 3.05) is 32.6 Å². The Labute approximate surface area is 254 Å². The lowest BCUT2D eigenvalue weighted by Crippen LogP contribution is -2.58. The van der Waals surface area contributed by atoms with E-state index < -0.39 is 11.5 Å². The van der Waals surface area contributed by atoms with Crippen LogP contribution in [-0.2, 0) is 14.3 Å². The summed E-state index contributed by atoms with van der Waals surface area (Å²) >= 11 is 0. The Morgan fingerprint density at radius 1 is 1.16 bits per heavy atom. The topological polar surface area (TPSA) is 138 Å². The van der Waals surface area contributed by atoms with Gasteiger partial charge in [0.25, 0.3) is 11.8 Å². The number of likely N-dealkylation sites (tertiary alicyclic amines) is 1. The van der Waals surface area contributed by atoms with Crippen LogP contribution in [0.1, 0.15) is 64.2 Å². The number of ether oxygens (including phenoxy) is 2. The van der Waals surface area contributed by atoms with Crippen molar-refractivity contribution in [3.05, 3.63) is 59.5 Å². The number of nitrogens with one attached hydrogen (secondary N) is 4. The minimum atomic E-state index is -0.572. The number of nitrogens with zero attached hydrogens (tertiary/aromatic N) is 1. The molecule has 1 aromatic rings. The van der Waals surface area contributed by atoms with Gasteiger partial charge < -0.3 is 35.6 Å². The van der Waals surface area contributed by atoms with Crippen LogP contribution in [0.15, 0.2) is 53.9 Å². The molecule has 0 aromatic heterocycles. The predicted octanol–water partition coefficient (Wildman–Crippen LogP) is 4.10. The number of anilines is 1. The maximum Gasteiger partial charge on any atom is 0.410 e. The fourth-order valence-electron chi connectivity index (χ4n) is 4.47. The quantitative estimate of drug-likeness (QED) is 0.211. The van der Waals surface area contributed by atoms with Gasteiger partial charge in [0, 0.05) is 43.7 Å².